The van der Waals surface area contributed by atoms with E-state index in [1.807, 2.05) is 75.4 Å². The molecule has 0 saturated carbocycles. The van der Waals surface area contributed by atoms with E-state index in [1.54, 1.807) is 6.07 Å². The van der Waals surface area contributed by atoms with Gasteiger partial charge in [0.05, 0.1) is 5.56 Å². The highest BCUT2D eigenvalue weighted by molar-refractivity contribution is 5.66. The van der Waals surface area contributed by atoms with Crippen LogP contribution in [0.2, 0.25) is 0 Å². The van der Waals surface area contributed by atoms with Gasteiger partial charge in [0.2, 0.25) is 0 Å². The highest BCUT2D eigenvalue weighted by Crippen LogP contribution is 2.25. The van der Waals surface area contributed by atoms with Gasteiger partial charge in [0, 0.05) is 5.56 Å². The molecule has 118 valence electrons. The first kappa shape index (κ1) is 16.0. The van der Waals surface area contributed by atoms with Crippen molar-refractivity contribution in [3.05, 3.63) is 94.3 Å². The SMILES string of the molecule is Cc1ccc(C#Cc2c(C)cc(-c3ccc(C)cc3)cc2F)cc1. The van der Waals surface area contributed by atoms with Crippen LogP contribution in [-0.2, 0) is 0 Å². The molecule has 0 amide bonds. The standard InChI is InChI=1S/C23H19F/c1-16-4-8-19(9-5-16)10-13-22-18(3)14-21(15-23(22)24)20-11-6-17(2)7-12-20/h4-9,11-12,14-15H,1-3H3. The zero-order chi connectivity index (χ0) is 17.1. The van der Waals surface area contributed by atoms with Crippen LogP contribution in [0.1, 0.15) is 27.8 Å². The molecule has 0 aliphatic carbocycles. The molecule has 0 bridgehead atoms. The maximum atomic E-state index is 14.5. The van der Waals surface area contributed by atoms with Crippen LogP contribution in [-0.4, -0.2) is 0 Å². The molecule has 3 rings (SSSR count). The molecule has 0 nitrogen and oxygen atoms in total. The van der Waals surface area contributed by atoms with Crippen molar-refractivity contribution in [2.75, 3.05) is 0 Å². The maximum absolute atomic E-state index is 14.5. The van der Waals surface area contributed by atoms with Gasteiger partial charge in [-0.05, 0) is 61.7 Å². The minimum absolute atomic E-state index is 0.273. The monoisotopic (exact) mass is 314 g/mol. The zero-order valence-corrected chi connectivity index (χ0v) is 14.2. The Kier molecular flexibility index (Phi) is 4.49. The molecule has 3 aromatic carbocycles. The average Bonchev–Trinajstić information content (AvgIpc) is 2.56. The maximum Gasteiger partial charge on any atom is 0.139 e. The minimum Gasteiger partial charge on any atom is -0.206 e. The summed E-state index contributed by atoms with van der Waals surface area (Å²) >= 11 is 0. The number of rotatable bonds is 1. The Balaban J connectivity index is 1.96. The third-order valence-corrected chi connectivity index (χ3v) is 4.06. The van der Waals surface area contributed by atoms with Crippen molar-refractivity contribution in [1.29, 1.82) is 0 Å². The summed E-state index contributed by atoms with van der Waals surface area (Å²) in [6, 6.07) is 19.6. The van der Waals surface area contributed by atoms with E-state index in [0.717, 1.165) is 22.3 Å². The van der Waals surface area contributed by atoms with Gasteiger partial charge in [0.15, 0.2) is 0 Å². The molecule has 0 fully saturated rings. The summed E-state index contributed by atoms with van der Waals surface area (Å²) < 4.78 is 14.5. The fourth-order valence-electron chi connectivity index (χ4n) is 2.59. The molecular formula is C23H19F. The molecule has 0 saturated heterocycles. The van der Waals surface area contributed by atoms with Gasteiger partial charge in [-0.25, -0.2) is 4.39 Å². The third-order valence-electron chi connectivity index (χ3n) is 4.06. The smallest absolute Gasteiger partial charge is 0.139 e. The molecular weight excluding hydrogens is 295 g/mol. The third kappa shape index (κ3) is 3.55. The van der Waals surface area contributed by atoms with E-state index < -0.39 is 0 Å². The Bertz CT molecular complexity index is 898. The van der Waals surface area contributed by atoms with E-state index in [9.17, 15) is 4.39 Å². The lowest BCUT2D eigenvalue weighted by Gasteiger charge is -2.07. The van der Waals surface area contributed by atoms with Crippen molar-refractivity contribution in [3.63, 3.8) is 0 Å². The number of hydrogen-bond donors (Lipinski definition) is 0. The lowest BCUT2D eigenvalue weighted by atomic mass is 9.98. The van der Waals surface area contributed by atoms with Crippen LogP contribution in [0.5, 0.6) is 0 Å². The summed E-state index contributed by atoms with van der Waals surface area (Å²) in [5.41, 5.74) is 6.48. The van der Waals surface area contributed by atoms with Gasteiger partial charge in [0.25, 0.3) is 0 Å². The number of hydrogen-bond acceptors (Lipinski definition) is 0. The Hall–Kier alpha value is -2.85. The van der Waals surface area contributed by atoms with E-state index in [4.69, 9.17) is 0 Å². The number of halogens is 1. The molecule has 0 aliphatic rings. The van der Waals surface area contributed by atoms with Crippen LogP contribution in [0.3, 0.4) is 0 Å². The van der Waals surface area contributed by atoms with E-state index in [2.05, 4.69) is 11.8 Å². The van der Waals surface area contributed by atoms with Crippen molar-refractivity contribution in [1.82, 2.24) is 0 Å². The normalized spacial score (nSPS) is 10.2. The largest absolute Gasteiger partial charge is 0.206 e. The Labute approximate surface area is 143 Å². The van der Waals surface area contributed by atoms with Gasteiger partial charge in [-0.3, -0.25) is 0 Å². The molecule has 24 heavy (non-hydrogen) atoms. The predicted molar refractivity (Wildman–Crippen MR) is 98.5 cm³/mol. The number of aryl methyl sites for hydroxylation is 3. The van der Waals surface area contributed by atoms with Gasteiger partial charge < -0.3 is 0 Å². The lowest BCUT2D eigenvalue weighted by Crippen LogP contribution is -1.91. The van der Waals surface area contributed by atoms with Crippen LogP contribution in [0, 0.1) is 38.4 Å². The van der Waals surface area contributed by atoms with E-state index in [0.29, 0.717) is 5.56 Å². The predicted octanol–water partition coefficient (Wildman–Crippen LogP) is 5.82. The summed E-state index contributed by atoms with van der Waals surface area (Å²) in [6.45, 7) is 5.98. The van der Waals surface area contributed by atoms with E-state index >= 15 is 0 Å². The van der Waals surface area contributed by atoms with Gasteiger partial charge in [-0.15, -0.1) is 0 Å². The molecule has 0 unspecified atom stereocenters. The van der Waals surface area contributed by atoms with Crippen LogP contribution in [0.15, 0.2) is 60.7 Å². The molecule has 0 aliphatic heterocycles. The lowest BCUT2D eigenvalue weighted by molar-refractivity contribution is 0.623. The van der Waals surface area contributed by atoms with Crippen molar-refractivity contribution >= 4 is 0 Å². The second-order valence-electron chi connectivity index (χ2n) is 6.13. The first-order chi connectivity index (χ1) is 11.5. The van der Waals surface area contributed by atoms with E-state index in [1.165, 1.54) is 11.1 Å². The van der Waals surface area contributed by atoms with Crippen molar-refractivity contribution in [2.24, 2.45) is 0 Å². The van der Waals surface area contributed by atoms with Gasteiger partial charge in [0.1, 0.15) is 5.82 Å². The summed E-state index contributed by atoms with van der Waals surface area (Å²) in [5, 5.41) is 0. The molecule has 0 heterocycles. The molecule has 0 atom stereocenters. The van der Waals surface area contributed by atoms with Crippen molar-refractivity contribution in [3.8, 4) is 23.0 Å². The Morgan fingerprint density at radius 1 is 0.667 bits per heavy atom. The van der Waals surface area contributed by atoms with E-state index in [-0.39, 0.29) is 5.82 Å². The topological polar surface area (TPSA) is 0 Å². The molecule has 0 radical (unpaired) electrons. The Morgan fingerprint density at radius 2 is 1.25 bits per heavy atom. The fourth-order valence-corrected chi connectivity index (χ4v) is 2.59. The first-order valence-electron chi connectivity index (χ1n) is 7.99. The highest BCUT2D eigenvalue weighted by Gasteiger charge is 2.07. The van der Waals surface area contributed by atoms with Gasteiger partial charge >= 0.3 is 0 Å². The summed E-state index contributed by atoms with van der Waals surface area (Å²) in [5.74, 6) is 5.75. The van der Waals surface area contributed by atoms with Crippen LogP contribution in [0.4, 0.5) is 4.39 Å². The van der Waals surface area contributed by atoms with Crippen LogP contribution >= 0.6 is 0 Å². The molecule has 3 aromatic rings. The second-order valence-corrected chi connectivity index (χ2v) is 6.13. The quantitative estimate of drug-likeness (QED) is 0.497. The van der Waals surface area contributed by atoms with Crippen LogP contribution in [0.25, 0.3) is 11.1 Å². The van der Waals surface area contributed by atoms with Crippen LogP contribution < -0.4 is 0 Å². The first-order valence-corrected chi connectivity index (χ1v) is 7.99. The molecule has 0 spiro atoms. The Morgan fingerprint density at radius 3 is 1.83 bits per heavy atom. The highest BCUT2D eigenvalue weighted by atomic mass is 19.1. The average molecular weight is 314 g/mol. The van der Waals surface area contributed by atoms with Gasteiger partial charge in [-0.2, -0.15) is 0 Å². The minimum atomic E-state index is -0.273. The van der Waals surface area contributed by atoms with Crippen molar-refractivity contribution < 1.29 is 4.39 Å². The fraction of sp³-hybridized carbons (Fsp3) is 0.130. The zero-order valence-electron chi connectivity index (χ0n) is 14.2. The summed E-state index contributed by atoms with van der Waals surface area (Å²) in [6.07, 6.45) is 0. The van der Waals surface area contributed by atoms with Crippen molar-refractivity contribution in [2.45, 2.75) is 20.8 Å². The summed E-state index contributed by atoms with van der Waals surface area (Å²) in [4.78, 5) is 0. The second kappa shape index (κ2) is 6.72. The van der Waals surface area contributed by atoms with Gasteiger partial charge in [-0.1, -0.05) is 59.4 Å². The summed E-state index contributed by atoms with van der Waals surface area (Å²) in [7, 11) is 0. The molecule has 0 aromatic heterocycles. The molecule has 1 heteroatoms. The molecule has 0 N–H and O–H groups in total. The number of benzene rings is 3.